The molecule has 1 aromatic carbocycles. The van der Waals surface area contributed by atoms with E-state index in [0.29, 0.717) is 12.1 Å². The van der Waals surface area contributed by atoms with Gasteiger partial charge in [-0.25, -0.2) is 4.39 Å². The summed E-state index contributed by atoms with van der Waals surface area (Å²) < 4.78 is 13.1. The summed E-state index contributed by atoms with van der Waals surface area (Å²) in [4.78, 5) is 0. The van der Waals surface area contributed by atoms with E-state index in [1.165, 1.54) is 25.3 Å². The van der Waals surface area contributed by atoms with E-state index in [0.717, 1.165) is 17.9 Å². The van der Waals surface area contributed by atoms with Crippen LogP contribution in [0.4, 0.5) is 4.39 Å². The first kappa shape index (κ1) is 12.6. The summed E-state index contributed by atoms with van der Waals surface area (Å²) in [5.41, 5.74) is 1.07. The van der Waals surface area contributed by atoms with Gasteiger partial charge in [0, 0.05) is 12.1 Å². The Bertz CT molecular complexity index is 360. The van der Waals surface area contributed by atoms with Gasteiger partial charge in [0.05, 0.1) is 0 Å². The van der Waals surface area contributed by atoms with Crippen LogP contribution in [0, 0.1) is 11.7 Å². The average molecular weight is 235 g/mol. The molecule has 0 amide bonds. The fourth-order valence-corrected chi connectivity index (χ4v) is 2.60. The first-order chi connectivity index (χ1) is 8.15. The van der Waals surface area contributed by atoms with E-state index >= 15 is 0 Å². The molecular formula is C15H22FN. The molecule has 2 heteroatoms. The average Bonchev–Trinajstić information content (AvgIpc) is 2.13. The highest BCUT2D eigenvalue weighted by atomic mass is 19.1. The minimum atomic E-state index is -0.137. The molecule has 0 radical (unpaired) electrons. The standard InChI is InChI=1S/C15H22FN/c1-11(17-12(2)14-6-4-7-14)9-13-5-3-8-15(16)10-13/h3,5,8,10-12,14,17H,4,6-7,9H2,1-2H3. The van der Waals surface area contributed by atoms with Gasteiger partial charge in [-0.1, -0.05) is 18.6 Å². The molecule has 1 saturated carbocycles. The summed E-state index contributed by atoms with van der Waals surface area (Å²) >= 11 is 0. The maximum Gasteiger partial charge on any atom is 0.123 e. The van der Waals surface area contributed by atoms with Crippen LogP contribution in [0.15, 0.2) is 24.3 Å². The van der Waals surface area contributed by atoms with E-state index in [9.17, 15) is 4.39 Å². The molecule has 2 atom stereocenters. The second kappa shape index (κ2) is 5.63. The Morgan fingerprint density at radius 3 is 2.71 bits per heavy atom. The predicted octanol–water partition coefficient (Wildman–Crippen LogP) is 3.53. The smallest absolute Gasteiger partial charge is 0.123 e. The first-order valence-electron chi connectivity index (χ1n) is 6.65. The quantitative estimate of drug-likeness (QED) is 0.823. The molecule has 0 aliphatic heterocycles. The van der Waals surface area contributed by atoms with Crippen LogP contribution in [0.3, 0.4) is 0 Å². The summed E-state index contributed by atoms with van der Waals surface area (Å²) in [6.07, 6.45) is 5.01. The molecule has 1 nitrogen and oxygen atoms in total. The minimum absolute atomic E-state index is 0.137. The first-order valence-corrected chi connectivity index (χ1v) is 6.65. The molecule has 1 aromatic rings. The second-order valence-corrected chi connectivity index (χ2v) is 5.38. The van der Waals surface area contributed by atoms with Crippen LogP contribution in [0.5, 0.6) is 0 Å². The lowest BCUT2D eigenvalue weighted by atomic mass is 9.80. The van der Waals surface area contributed by atoms with Crippen molar-refractivity contribution < 1.29 is 4.39 Å². The molecule has 0 saturated heterocycles. The van der Waals surface area contributed by atoms with Gasteiger partial charge in [-0.3, -0.25) is 0 Å². The Labute approximate surface area is 103 Å². The molecule has 0 spiro atoms. The number of benzene rings is 1. The topological polar surface area (TPSA) is 12.0 Å². The lowest BCUT2D eigenvalue weighted by Gasteiger charge is -2.34. The van der Waals surface area contributed by atoms with Gasteiger partial charge in [0.15, 0.2) is 0 Å². The highest BCUT2D eigenvalue weighted by Crippen LogP contribution is 2.29. The largest absolute Gasteiger partial charge is 0.311 e. The van der Waals surface area contributed by atoms with Gasteiger partial charge in [0.25, 0.3) is 0 Å². The van der Waals surface area contributed by atoms with E-state index in [1.807, 2.05) is 6.07 Å². The monoisotopic (exact) mass is 235 g/mol. The van der Waals surface area contributed by atoms with Crippen molar-refractivity contribution in [3.8, 4) is 0 Å². The van der Waals surface area contributed by atoms with Crippen molar-refractivity contribution in [2.24, 2.45) is 5.92 Å². The molecule has 17 heavy (non-hydrogen) atoms. The fraction of sp³-hybridized carbons (Fsp3) is 0.600. The van der Waals surface area contributed by atoms with Crippen LogP contribution in [-0.4, -0.2) is 12.1 Å². The minimum Gasteiger partial charge on any atom is -0.311 e. The van der Waals surface area contributed by atoms with Gasteiger partial charge in [-0.15, -0.1) is 0 Å². The van der Waals surface area contributed by atoms with Gasteiger partial charge < -0.3 is 5.32 Å². The van der Waals surface area contributed by atoms with Crippen LogP contribution >= 0.6 is 0 Å². The van der Waals surface area contributed by atoms with Gasteiger partial charge >= 0.3 is 0 Å². The normalized spacial score (nSPS) is 19.7. The van der Waals surface area contributed by atoms with Crippen molar-refractivity contribution in [1.29, 1.82) is 0 Å². The van der Waals surface area contributed by atoms with Crippen LogP contribution in [0.1, 0.15) is 38.7 Å². The third-order valence-electron chi connectivity index (χ3n) is 3.84. The summed E-state index contributed by atoms with van der Waals surface area (Å²) in [6.45, 7) is 4.45. The lowest BCUT2D eigenvalue weighted by Crippen LogP contribution is -2.42. The Balaban J connectivity index is 1.81. The number of hydrogen-bond donors (Lipinski definition) is 1. The summed E-state index contributed by atoms with van der Waals surface area (Å²) in [5, 5.41) is 3.63. The number of halogens is 1. The van der Waals surface area contributed by atoms with E-state index in [-0.39, 0.29) is 5.82 Å². The zero-order chi connectivity index (χ0) is 12.3. The summed E-state index contributed by atoms with van der Waals surface area (Å²) in [5.74, 6) is 0.715. The number of hydrogen-bond acceptors (Lipinski definition) is 1. The van der Waals surface area contributed by atoms with Gasteiger partial charge in [-0.05, 0) is 56.7 Å². The third kappa shape index (κ3) is 3.53. The Morgan fingerprint density at radius 2 is 2.12 bits per heavy atom. The number of nitrogens with one attached hydrogen (secondary N) is 1. The van der Waals surface area contributed by atoms with Gasteiger partial charge in [0.2, 0.25) is 0 Å². The lowest BCUT2D eigenvalue weighted by molar-refractivity contribution is 0.229. The molecule has 1 N–H and O–H groups in total. The molecule has 1 aliphatic carbocycles. The third-order valence-corrected chi connectivity index (χ3v) is 3.84. The van der Waals surface area contributed by atoms with Crippen molar-refractivity contribution >= 4 is 0 Å². The maximum atomic E-state index is 13.1. The zero-order valence-corrected chi connectivity index (χ0v) is 10.7. The van der Waals surface area contributed by atoms with Crippen molar-refractivity contribution in [2.45, 2.75) is 51.6 Å². The van der Waals surface area contributed by atoms with Crippen LogP contribution in [0.2, 0.25) is 0 Å². The van der Waals surface area contributed by atoms with E-state index in [1.54, 1.807) is 12.1 Å². The van der Waals surface area contributed by atoms with Crippen LogP contribution in [-0.2, 0) is 6.42 Å². The molecule has 0 aromatic heterocycles. The van der Waals surface area contributed by atoms with E-state index in [2.05, 4.69) is 19.2 Å². The van der Waals surface area contributed by atoms with Gasteiger partial charge in [0.1, 0.15) is 5.82 Å². The molecule has 0 heterocycles. The van der Waals surface area contributed by atoms with E-state index in [4.69, 9.17) is 0 Å². The molecule has 0 bridgehead atoms. The zero-order valence-electron chi connectivity index (χ0n) is 10.7. The molecule has 2 unspecified atom stereocenters. The van der Waals surface area contributed by atoms with Crippen molar-refractivity contribution in [3.05, 3.63) is 35.6 Å². The Hall–Kier alpha value is -0.890. The molecule has 94 valence electrons. The summed E-state index contributed by atoms with van der Waals surface area (Å²) in [6, 6.07) is 7.91. The highest BCUT2D eigenvalue weighted by Gasteiger charge is 2.24. The fourth-order valence-electron chi connectivity index (χ4n) is 2.60. The molecule has 1 aliphatic rings. The second-order valence-electron chi connectivity index (χ2n) is 5.38. The van der Waals surface area contributed by atoms with Gasteiger partial charge in [-0.2, -0.15) is 0 Å². The van der Waals surface area contributed by atoms with Crippen molar-refractivity contribution in [2.75, 3.05) is 0 Å². The number of rotatable bonds is 5. The van der Waals surface area contributed by atoms with Crippen LogP contribution in [0.25, 0.3) is 0 Å². The Morgan fingerprint density at radius 1 is 1.35 bits per heavy atom. The molecular weight excluding hydrogens is 213 g/mol. The SMILES string of the molecule is CC(Cc1cccc(F)c1)NC(C)C1CCC1. The molecule has 1 fully saturated rings. The maximum absolute atomic E-state index is 13.1. The molecule has 2 rings (SSSR count). The summed E-state index contributed by atoms with van der Waals surface area (Å²) in [7, 11) is 0. The Kier molecular flexibility index (Phi) is 4.16. The van der Waals surface area contributed by atoms with Crippen molar-refractivity contribution in [1.82, 2.24) is 5.32 Å². The predicted molar refractivity (Wildman–Crippen MR) is 69.5 cm³/mol. The van der Waals surface area contributed by atoms with E-state index < -0.39 is 0 Å². The van der Waals surface area contributed by atoms with Crippen LogP contribution < -0.4 is 5.32 Å². The van der Waals surface area contributed by atoms with Crippen molar-refractivity contribution in [3.63, 3.8) is 0 Å². The highest BCUT2D eigenvalue weighted by molar-refractivity contribution is 5.17.